The molecule has 0 aromatic heterocycles. The van der Waals surface area contributed by atoms with Crippen molar-refractivity contribution in [2.45, 2.75) is 20.3 Å². The van der Waals surface area contributed by atoms with Gasteiger partial charge in [-0.05, 0) is 17.9 Å². The monoisotopic (exact) mass is 252 g/mol. The zero-order chi connectivity index (χ0) is 13.7. The Morgan fingerprint density at radius 3 is 2.00 bits per heavy atom. The first-order chi connectivity index (χ1) is 9.18. The van der Waals surface area contributed by atoms with Gasteiger partial charge in [0.25, 0.3) is 0 Å². The maximum atomic E-state index is 12.4. The van der Waals surface area contributed by atoms with Gasteiger partial charge < -0.3 is 0 Å². The van der Waals surface area contributed by atoms with Crippen LogP contribution in [0.25, 0.3) is 0 Å². The second kappa shape index (κ2) is 6.33. The SMILES string of the molecule is C[C@H](Cc1ccccc1)[C@@H](C)C(=O)c1ccccc1. The number of rotatable bonds is 5. The van der Waals surface area contributed by atoms with Gasteiger partial charge in [-0.3, -0.25) is 4.79 Å². The van der Waals surface area contributed by atoms with Crippen LogP contribution in [0.4, 0.5) is 0 Å². The Bertz CT molecular complexity index is 516. The maximum Gasteiger partial charge on any atom is 0.165 e. The topological polar surface area (TPSA) is 17.1 Å². The number of hydrogen-bond acceptors (Lipinski definition) is 1. The van der Waals surface area contributed by atoms with E-state index in [2.05, 4.69) is 19.1 Å². The standard InChI is InChI=1S/C18H20O/c1-14(13-16-9-5-3-6-10-16)15(2)18(19)17-11-7-4-8-12-17/h3-12,14-15H,13H2,1-2H3/t14-,15-/m1/s1. The molecule has 19 heavy (non-hydrogen) atoms. The summed E-state index contributed by atoms with van der Waals surface area (Å²) >= 11 is 0. The lowest BCUT2D eigenvalue weighted by Crippen LogP contribution is -2.20. The summed E-state index contributed by atoms with van der Waals surface area (Å²) < 4.78 is 0. The first-order valence-electron chi connectivity index (χ1n) is 6.81. The van der Waals surface area contributed by atoms with Crippen molar-refractivity contribution in [3.63, 3.8) is 0 Å². The molecule has 0 radical (unpaired) electrons. The second-order valence-electron chi connectivity index (χ2n) is 5.19. The second-order valence-corrected chi connectivity index (χ2v) is 5.19. The summed E-state index contributed by atoms with van der Waals surface area (Å²) in [6.45, 7) is 4.18. The van der Waals surface area contributed by atoms with Crippen LogP contribution in [0.15, 0.2) is 60.7 Å². The third kappa shape index (κ3) is 3.54. The van der Waals surface area contributed by atoms with Crippen LogP contribution in [0.3, 0.4) is 0 Å². The predicted molar refractivity (Wildman–Crippen MR) is 79.2 cm³/mol. The molecule has 0 bridgehead atoms. The Hall–Kier alpha value is -1.89. The van der Waals surface area contributed by atoms with Crippen LogP contribution < -0.4 is 0 Å². The van der Waals surface area contributed by atoms with E-state index in [1.165, 1.54) is 5.56 Å². The van der Waals surface area contributed by atoms with Crippen molar-refractivity contribution in [2.24, 2.45) is 11.8 Å². The van der Waals surface area contributed by atoms with E-state index in [9.17, 15) is 4.79 Å². The number of ketones is 1. The Morgan fingerprint density at radius 2 is 1.42 bits per heavy atom. The van der Waals surface area contributed by atoms with Crippen molar-refractivity contribution < 1.29 is 4.79 Å². The van der Waals surface area contributed by atoms with Crippen molar-refractivity contribution >= 4 is 5.78 Å². The third-order valence-electron chi connectivity index (χ3n) is 3.73. The lowest BCUT2D eigenvalue weighted by molar-refractivity contribution is 0.0893. The largest absolute Gasteiger partial charge is 0.294 e. The van der Waals surface area contributed by atoms with Gasteiger partial charge in [0.05, 0.1) is 0 Å². The van der Waals surface area contributed by atoms with Gasteiger partial charge >= 0.3 is 0 Å². The zero-order valence-corrected chi connectivity index (χ0v) is 11.5. The molecule has 1 nitrogen and oxygen atoms in total. The van der Waals surface area contributed by atoms with Crippen LogP contribution in [0.1, 0.15) is 29.8 Å². The van der Waals surface area contributed by atoms with E-state index in [0.29, 0.717) is 5.92 Å². The zero-order valence-electron chi connectivity index (χ0n) is 11.5. The minimum absolute atomic E-state index is 0.0441. The highest BCUT2D eigenvalue weighted by atomic mass is 16.1. The highest BCUT2D eigenvalue weighted by Gasteiger charge is 2.21. The number of carbonyl (C=O) groups excluding carboxylic acids is 1. The number of hydrogen-bond donors (Lipinski definition) is 0. The Labute approximate surface area is 115 Å². The molecule has 98 valence electrons. The molecule has 0 spiro atoms. The first-order valence-corrected chi connectivity index (χ1v) is 6.81. The summed E-state index contributed by atoms with van der Waals surface area (Å²) in [5, 5.41) is 0. The number of Topliss-reactive ketones (excluding diaryl/α,β-unsaturated/α-hetero) is 1. The molecule has 2 atom stereocenters. The summed E-state index contributed by atoms with van der Waals surface area (Å²) in [4.78, 5) is 12.4. The Morgan fingerprint density at radius 1 is 0.895 bits per heavy atom. The third-order valence-corrected chi connectivity index (χ3v) is 3.73. The van der Waals surface area contributed by atoms with Crippen molar-refractivity contribution in [1.82, 2.24) is 0 Å². The Balaban J connectivity index is 2.03. The van der Waals surface area contributed by atoms with Crippen molar-refractivity contribution in [3.8, 4) is 0 Å². The first kappa shape index (κ1) is 13.5. The smallest absolute Gasteiger partial charge is 0.165 e. The number of carbonyl (C=O) groups is 1. The quantitative estimate of drug-likeness (QED) is 0.721. The van der Waals surface area contributed by atoms with E-state index < -0.39 is 0 Å². The van der Waals surface area contributed by atoms with Crippen molar-refractivity contribution in [2.75, 3.05) is 0 Å². The summed E-state index contributed by atoms with van der Waals surface area (Å²) in [6, 6.07) is 19.9. The molecule has 0 saturated carbocycles. The fraction of sp³-hybridized carbons (Fsp3) is 0.278. The fourth-order valence-corrected chi connectivity index (χ4v) is 2.29. The summed E-state index contributed by atoms with van der Waals surface area (Å²) in [5.74, 6) is 0.627. The fourth-order valence-electron chi connectivity index (χ4n) is 2.29. The summed E-state index contributed by atoms with van der Waals surface area (Å²) in [5.41, 5.74) is 2.11. The molecule has 0 aliphatic rings. The highest BCUT2D eigenvalue weighted by Crippen LogP contribution is 2.21. The van der Waals surface area contributed by atoms with Gasteiger partial charge in [-0.2, -0.15) is 0 Å². The molecule has 0 heterocycles. The Kier molecular flexibility index (Phi) is 4.51. The molecular weight excluding hydrogens is 232 g/mol. The molecule has 0 fully saturated rings. The van der Waals surface area contributed by atoms with Gasteiger partial charge in [-0.15, -0.1) is 0 Å². The van der Waals surface area contributed by atoms with Crippen LogP contribution in [0, 0.1) is 11.8 Å². The maximum absolute atomic E-state index is 12.4. The van der Waals surface area contributed by atoms with Gasteiger partial charge in [0.15, 0.2) is 5.78 Å². The lowest BCUT2D eigenvalue weighted by atomic mass is 9.84. The minimum Gasteiger partial charge on any atom is -0.294 e. The molecular formula is C18H20O. The van der Waals surface area contributed by atoms with E-state index in [0.717, 1.165) is 12.0 Å². The summed E-state index contributed by atoms with van der Waals surface area (Å²) in [6.07, 6.45) is 0.945. The van der Waals surface area contributed by atoms with Gasteiger partial charge in [-0.1, -0.05) is 74.5 Å². The van der Waals surface area contributed by atoms with Gasteiger partial charge in [0.1, 0.15) is 0 Å². The van der Waals surface area contributed by atoms with Crippen LogP contribution in [-0.4, -0.2) is 5.78 Å². The molecule has 2 rings (SSSR count). The number of benzene rings is 2. The molecule has 0 saturated heterocycles. The van der Waals surface area contributed by atoms with E-state index in [1.54, 1.807) is 0 Å². The van der Waals surface area contributed by atoms with E-state index in [4.69, 9.17) is 0 Å². The molecule has 0 N–H and O–H groups in total. The van der Waals surface area contributed by atoms with Gasteiger partial charge in [-0.25, -0.2) is 0 Å². The lowest BCUT2D eigenvalue weighted by Gasteiger charge is -2.19. The molecule has 0 aliphatic heterocycles. The predicted octanol–water partition coefficient (Wildman–Crippen LogP) is 4.38. The molecule has 0 aliphatic carbocycles. The highest BCUT2D eigenvalue weighted by molar-refractivity contribution is 5.97. The van der Waals surface area contributed by atoms with Crippen LogP contribution in [0.5, 0.6) is 0 Å². The normalized spacial score (nSPS) is 13.8. The molecule has 0 unspecified atom stereocenters. The molecule has 1 heteroatoms. The van der Waals surface area contributed by atoms with Gasteiger partial charge in [0, 0.05) is 11.5 Å². The molecule has 0 amide bonds. The average molecular weight is 252 g/mol. The molecule has 2 aromatic carbocycles. The van der Waals surface area contributed by atoms with E-state index in [1.807, 2.05) is 55.5 Å². The van der Waals surface area contributed by atoms with E-state index >= 15 is 0 Å². The van der Waals surface area contributed by atoms with Gasteiger partial charge in [0.2, 0.25) is 0 Å². The summed E-state index contributed by atoms with van der Waals surface area (Å²) in [7, 11) is 0. The van der Waals surface area contributed by atoms with Crippen LogP contribution in [0.2, 0.25) is 0 Å². The average Bonchev–Trinajstić information content (AvgIpc) is 2.47. The van der Waals surface area contributed by atoms with Crippen molar-refractivity contribution in [1.29, 1.82) is 0 Å². The minimum atomic E-state index is 0.0441. The van der Waals surface area contributed by atoms with Crippen LogP contribution >= 0.6 is 0 Å². The molecule has 2 aromatic rings. The van der Waals surface area contributed by atoms with E-state index in [-0.39, 0.29) is 11.7 Å². The van der Waals surface area contributed by atoms with Crippen LogP contribution in [-0.2, 0) is 6.42 Å². The van der Waals surface area contributed by atoms with Crippen molar-refractivity contribution in [3.05, 3.63) is 71.8 Å².